The van der Waals surface area contributed by atoms with Gasteiger partial charge in [-0.15, -0.1) is 0 Å². The zero-order chi connectivity index (χ0) is 17.8. The average molecular weight is 342 g/mol. The molecule has 2 N–H and O–H groups in total. The Bertz CT molecular complexity index is 751. The Labute approximate surface area is 146 Å². The first-order valence-electron chi connectivity index (χ1n) is 8.57. The van der Waals surface area contributed by atoms with Crippen LogP contribution < -0.4 is 5.32 Å². The van der Waals surface area contributed by atoms with Gasteiger partial charge in [0, 0.05) is 24.4 Å². The molecule has 0 unspecified atom stereocenters. The van der Waals surface area contributed by atoms with E-state index < -0.39 is 11.9 Å². The molecule has 1 aliphatic carbocycles. The maximum atomic E-state index is 12.1. The van der Waals surface area contributed by atoms with Gasteiger partial charge in [-0.25, -0.2) is 4.98 Å². The fourth-order valence-electron chi connectivity index (χ4n) is 3.20. The van der Waals surface area contributed by atoms with Crippen LogP contribution >= 0.6 is 0 Å². The molecule has 1 aromatic carbocycles. The maximum absolute atomic E-state index is 12.1. The molecule has 6 nitrogen and oxygen atoms in total. The van der Waals surface area contributed by atoms with Crippen molar-refractivity contribution in [3.8, 4) is 11.3 Å². The molecule has 1 fully saturated rings. The highest BCUT2D eigenvalue weighted by Gasteiger charge is 2.33. The van der Waals surface area contributed by atoms with Gasteiger partial charge >= 0.3 is 5.97 Å². The van der Waals surface area contributed by atoms with Gasteiger partial charge in [-0.3, -0.25) is 9.59 Å². The molecule has 25 heavy (non-hydrogen) atoms. The fraction of sp³-hybridized carbons (Fsp3) is 0.421. The third-order valence-corrected chi connectivity index (χ3v) is 4.64. The number of rotatable bonds is 6. The lowest BCUT2D eigenvalue weighted by Gasteiger charge is -2.17. The smallest absolute Gasteiger partial charge is 0.308 e. The Hall–Kier alpha value is -2.63. The van der Waals surface area contributed by atoms with Crippen molar-refractivity contribution in [1.29, 1.82) is 0 Å². The van der Waals surface area contributed by atoms with E-state index in [4.69, 9.17) is 9.52 Å². The number of nitrogens with zero attached hydrogens (tertiary/aromatic N) is 1. The molecule has 0 aliphatic heterocycles. The Balaban J connectivity index is 1.52. The number of aryl methyl sites for hydroxylation is 2. The van der Waals surface area contributed by atoms with Crippen LogP contribution in [0, 0.1) is 12.8 Å². The molecule has 2 atom stereocenters. The van der Waals surface area contributed by atoms with Gasteiger partial charge in [0.2, 0.25) is 5.91 Å². The van der Waals surface area contributed by atoms with Crippen LogP contribution in [0.1, 0.15) is 37.1 Å². The van der Waals surface area contributed by atoms with E-state index in [2.05, 4.69) is 10.3 Å². The van der Waals surface area contributed by atoms with E-state index in [-0.39, 0.29) is 18.4 Å². The first-order valence-corrected chi connectivity index (χ1v) is 8.57. The largest absolute Gasteiger partial charge is 0.481 e. The summed E-state index contributed by atoms with van der Waals surface area (Å²) in [6, 6.07) is 7.69. The summed E-state index contributed by atoms with van der Waals surface area (Å²) in [5.41, 5.74) is 2.12. The first-order chi connectivity index (χ1) is 12.0. The highest BCUT2D eigenvalue weighted by Crippen LogP contribution is 2.26. The predicted octanol–water partition coefficient (Wildman–Crippen LogP) is 2.95. The number of carbonyl (C=O) groups excluding carboxylic acids is 1. The van der Waals surface area contributed by atoms with Crippen LogP contribution in [0.5, 0.6) is 0 Å². The minimum absolute atomic E-state index is 0.159. The molecule has 1 amide bonds. The number of aromatic nitrogens is 1. The van der Waals surface area contributed by atoms with Crippen molar-refractivity contribution in [1.82, 2.24) is 10.3 Å². The molecule has 0 radical (unpaired) electrons. The number of carboxylic acids is 1. The fourth-order valence-corrected chi connectivity index (χ4v) is 3.20. The number of benzene rings is 1. The molecule has 1 saturated carbocycles. The molecule has 3 rings (SSSR count). The Morgan fingerprint density at radius 2 is 2.04 bits per heavy atom. The van der Waals surface area contributed by atoms with Gasteiger partial charge in [0.25, 0.3) is 0 Å². The van der Waals surface area contributed by atoms with Crippen molar-refractivity contribution >= 4 is 11.9 Å². The van der Waals surface area contributed by atoms with Crippen LogP contribution in [0.25, 0.3) is 11.3 Å². The summed E-state index contributed by atoms with van der Waals surface area (Å²) < 4.78 is 5.70. The summed E-state index contributed by atoms with van der Waals surface area (Å²) in [6.07, 6.45) is 4.47. The van der Waals surface area contributed by atoms with E-state index >= 15 is 0 Å². The molecule has 1 heterocycles. The second kappa shape index (κ2) is 7.51. The minimum Gasteiger partial charge on any atom is -0.481 e. The predicted molar refractivity (Wildman–Crippen MR) is 91.9 cm³/mol. The highest BCUT2D eigenvalue weighted by molar-refractivity contribution is 5.78. The molecule has 0 saturated heterocycles. The average Bonchev–Trinajstić information content (AvgIpc) is 3.23. The van der Waals surface area contributed by atoms with Crippen LogP contribution in [0.15, 0.2) is 34.9 Å². The number of nitrogens with one attached hydrogen (secondary N) is 1. The van der Waals surface area contributed by atoms with Crippen molar-refractivity contribution in [3.63, 3.8) is 0 Å². The lowest BCUT2D eigenvalue weighted by molar-refractivity contribution is -0.142. The normalized spacial score (nSPS) is 19.7. The number of oxazole rings is 1. The van der Waals surface area contributed by atoms with Gasteiger partial charge in [-0.2, -0.15) is 0 Å². The van der Waals surface area contributed by atoms with Crippen LogP contribution in [0.2, 0.25) is 0 Å². The summed E-state index contributed by atoms with van der Waals surface area (Å²) in [4.78, 5) is 27.5. The number of hydrogen-bond acceptors (Lipinski definition) is 4. The van der Waals surface area contributed by atoms with Gasteiger partial charge in [-0.1, -0.05) is 36.2 Å². The van der Waals surface area contributed by atoms with Gasteiger partial charge in [-0.05, 0) is 19.8 Å². The van der Waals surface area contributed by atoms with Crippen molar-refractivity contribution < 1.29 is 19.1 Å². The topological polar surface area (TPSA) is 92.4 Å². The van der Waals surface area contributed by atoms with Crippen LogP contribution in [0.4, 0.5) is 0 Å². The van der Waals surface area contributed by atoms with E-state index in [1.54, 1.807) is 6.20 Å². The van der Waals surface area contributed by atoms with Gasteiger partial charge in [0.05, 0.1) is 12.1 Å². The summed E-state index contributed by atoms with van der Waals surface area (Å²) in [5.74, 6) is -0.283. The summed E-state index contributed by atoms with van der Waals surface area (Å²) in [7, 11) is 0. The number of aliphatic carboxylic acids is 1. The molecular formula is C19H22N2O4. The van der Waals surface area contributed by atoms with E-state index in [0.717, 1.165) is 18.4 Å². The zero-order valence-corrected chi connectivity index (χ0v) is 14.2. The second-order valence-corrected chi connectivity index (χ2v) is 6.53. The third-order valence-electron chi connectivity index (χ3n) is 4.64. The molecule has 6 heteroatoms. The third kappa shape index (κ3) is 4.26. The quantitative estimate of drug-likeness (QED) is 0.842. The summed E-state index contributed by atoms with van der Waals surface area (Å²) in [5, 5.41) is 12.0. The van der Waals surface area contributed by atoms with E-state index in [1.165, 1.54) is 5.56 Å². The standard InChI is InChI=1S/C19H22N2O4/c1-12-5-7-13(8-6-12)16-11-20-18(25-16)10-9-17(22)21-15-4-2-3-14(15)19(23)24/h5-8,11,14-15H,2-4,9-10H2,1H3,(H,21,22)(H,23,24)/t14-,15+/m0/s1. The van der Waals surface area contributed by atoms with Gasteiger partial charge in [0.1, 0.15) is 0 Å². The number of hydrogen-bond donors (Lipinski definition) is 2. The van der Waals surface area contributed by atoms with E-state index in [9.17, 15) is 9.59 Å². The van der Waals surface area contributed by atoms with E-state index in [1.807, 2.05) is 31.2 Å². The number of carbonyl (C=O) groups is 2. The Morgan fingerprint density at radius 1 is 1.28 bits per heavy atom. The van der Waals surface area contributed by atoms with Crippen molar-refractivity contribution in [2.24, 2.45) is 5.92 Å². The first kappa shape index (κ1) is 17.2. The number of carboxylic acid groups (broad SMARTS) is 1. The van der Waals surface area contributed by atoms with Crippen LogP contribution in [-0.2, 0) is 16.0 Å². The van der Waals surface area contributed by atoms with Crippen LogP contribution in [-0.4, -0.2) is 28.0 Å². The summed E-state index contributed by atoms with van der Waals surface area (Å²) >= 11 is 0. The minimum atomic E-state index is -0.835. The van der Waals surface area contributed by atoms with Crippen LogP contribution in [0.3, 0.4) is 0 Å². The van der Waals surface area contributed by atoms with E-state index in [0.29, 0.717) is 24.5 Å². The molecule has 1 aliphatic rings. The lowest BCUT2D eigenvalue weighted by Crippen LogP contribution is -2.40. The monoisotopic (exact) mass is 342 g/mol. The van der Waals surface area contributed by atoms with Crippen molar-refractivity contribution in [3.05, 3.63) is 41.9 Å². The highest BCUT2D eigenvalue weighted by atomic mass is 16.4. The Kier molecular flexibility index (Phi) is 5.16. The molecule has 0 bridgehead atoms. The number of amides is 1. The van der Waals surface area contributed by atoms with Gasteiger partial charge in [0.15, 0.2) is 11.7 Å². The molecule has 1 aromatic heterocycles. The zero-order valence-electron chi connectivity index (χ0n) is 14.2. The van der Waals surface area contributed by atoms with Crippen molar-refractivity contribution in [2.75, 3.05) is 0 Å². The summed E-state index contributed by atoms with van der Waals surface area (Å²) in [6.45, 7) is 2.02. The molecular weight excluding hydrogens is 320 g/mol. The second-order valence-electron chi connectivity index (χ2n) is 6.53. The maximum Gasteiger partial charge on any atom is 0.308 e. The van der Waals surface area contributed by atoms with Crippen molar-refractivity contribution in [2.45, 2.75) is 45.1 Å². The SMILES string of the molecule is Cc1ccc(-c2cnc(CCC(=O)N[C@@H]3CCC[C@@H]3C(=O)O)o2)cc1. The lowest BCUT2D eigenvalue weighted by atomic mass is 10.0. The molecule has 0 spiro atoms. The molecule has 2 aromatic rings. The Morgan fingerprint density at radius 3 is 2.76 bits per heavy atom. The van der Waals surface area contributed by atoms with Gasteiger partial charge < -0.3 is 14.8 Å². The molecule has 132 valence electrons.